The van der Waals surface area contributed by atoms with Gasteiger partial charge in [0.2, 0.25) is 11.8 Å². The lowest BCUT2D eigenvalue weighted by Crippen LogP contribution is -2.38. The topological polar surface area (TPSA) is 102 Å². The third-order valence-electron chi connectivity index (χ3n) is 4.10. The highest BCUT2D eigenvalue weighted by Gasteiger charge is 2.10. The summed E-state index contributed by atoms with van der Waals surface area (Å²) in [6, 6.07) is 13.0. The minimum Gasteiger partial charge on any atom is -0.370 e. The second kappa shape index (κ2) is 8.98. The molecule has 2 aromatic carbocycles. The Morgan fingerprint density at radius 1 is 1.14 bits per heavy atom. The predicted octanol–water partition coefficient (Wildman–Crippen LogP) is 3.54. The number of benzene rings is 2. The molecule has 4 N–H and O–H groups in total. The summed E-state index contributed by atoms with van der Waals surface area (Å²) in [7, 11) is 0. The van der Waals surface area contributed by atoms with Crippen LogP contribution in [0.25, 0.3) is 10.9 Å². The number of aliphatic imine (C=N–C) groups is 1. The van der Waals surface area contributed by atoms with Crippen molar-refractivity contribution in [2.24, 2.45) is 10.7 Å². The number of rotatable bonds is 5. The average Bonchev–Trinajstić information content (AvgIpc) is 3.06. The molecule has 0 spiro atoms. The number of carbonyl (C=O) groups is 2. The van der Waals surface area contributed by atoms with Crippen molar-refractivity contribution in [3.05, 3.63) is 64.3 Å². The van der Waals surface area contributed by atoms with Gasteiger partial charge in [-0.25, -0.2) is 4.99 Å². The minimum absolute atomic E-state index is 0.00959. The maximum absolute atomic E-state index is 12.3. The van der Waals surface area contributed by atoms with Gasteiger partial charge in [0, 0.05) is 18.6 Å². The van der Waals surface area contributed by atoms with Crippen LogP contribution in [0, 0.1) is 0 Å². The summed E-state index contributed by atoms with van der Waals surface area (Å²) in [5.74, 6) is -0.573. The largest absolute Gasteiger partial charge is 0.370 e. The zero-order valence-electron chi connectivity index (χ0n) is 15.6. The molecular formula is C20H19Cl2N5O2. The lowest BCUT2D eigenvalue weighted by Gasteiger charge is -2.10. The molecular weight excluding hydrogens is 413 g/mol. The van der Waals surface area contributed by atoms with Gasteiger partial charge in [-0.05, 0) is 35.2 Å². The fourth-order valence-electron chi connectivity index (χ4n) is 2.84. The standard InChI is InChI=1S/C20H19Cl2N5O2/c1-12(28)25-19-15(21)8-13(9-16(19)22)10-24-20(23)26-18(29)11-27-7-6-14-4-2-3-5-17(14)27/h2-9H,10-11H2,1H3,(H,25,28)(H3,23,24,26,29). The molecule has 1 heterocycles. The number of nitrogens with one attached hydrogen (secondary N) is 2. The number of hydrogen-bond acceptors (Lipinski definition) is 3. The van der Waals surface area contributed by atoms with Crippen LogP contribution < -0.4 is 16.4 Å². The van der Waals surface area contributed by atoms with Crippen LogP contribution in [0.4, 0.5) is 5.69 Å². The van der Waals surface area contributed by atoms with Crippen molar-refractivity contribution in [3.8, 4) is 0 Å². The number of carbonyl (C=O) groups excluding carboxylic acids is 2. The number of guanidine groups is 1. The summed E-state index contributed by atoms with van der Waals surface area (Å²) in [6.07, 6.45) is 1.85. The second-order valence-electron chi connectivity index (χ2n) is 6.37. The first-order chi connectivity index (χ1) is 13.8. The van der Waals surface area contributed by atoms with E-state index in [1.807, 2.05) is 41.1 Å². The van der Waals surface area contributed by atoms with Crippen LogP contribution in [0.3, 0.4) is 0 Å². The number of amides is 2. The first-order valence-electron chi connectivity index (χ1n) is 8.72. The summed E-state index contributed by atoms with van der Waals surface area (Å²) in [6.45, 7) is 1.65. The molecule has 2 amide bonds. The monoisotopic (exact) mass is 431 g/mol. The second-order valence-corrected chi connectivity index (χ2v) is 7.18. The van der Waals surface area contributed by atoms with Gasteiger partial charge >= 0.3 is 0 Å². The van der Waals surface area contributed by atoms with Crippen LogP contribution in [0.15, 0.2) is 53.7 Å². The van der Waals surface area contributed by atoms with Crippen molar-refractivity contribution < 1.29 is 9.59 Å². The number of nitrogens with two attached hydrogens (primary N) is 1. The van der Waals surface area contributed by atoms with E-state index in [0.29, 0.717) is 21.3 Å². The van der Waals surface area contributed by atoms with E-state index in [1.165, 1.54) is 6.92 Å². The zero-order chi connectivity index (χ0) is 21.0. The summed E-state index contributed by atoms with van der Waals surface area (Å²) in [4.78, 5) is 27.6. The van der Waals surface area contributed by atoms with Gasteiger partial charge in [-0.3, -0.25) is 14.9 Å². The highest BCUT2D eigenvalue weighted by Crippen LogP contribution is 2.32. The van der Waals surface area contributed by atoms with E-state index in [0.717, 1.165) is 10.9 Å². The third-order valence-corrected chi connectivity index (χ3v) is 4.69. The molecule has 0 fully saturated rings. The van der Waals surface area contributed by atoms with E-state index in [4.69, 9.17) is 28.9 Å². The van der Waals surface area contributed by atoms with Gasteiger partial charge in [-0.2, -0.15) is 0 Å². The van der Waals surface area contributed by atoms with Gasteiger partial charge in [0.1, 0.15) is 6.54 Å². The Bertz CT molecular complexity index is 1080. The highest BCUT2D eigenvalue weighted by molar-refractivity contribution is 6.39. The summed E-state index contributed by atoms with van der Waals surface area (Å²) >= 11 is 12.3. The molecule has 7 nitrogen and oxygen atoms in total. The molecule has 0 aliphatic carbocycles. The Balaban J connectivity index is 1.62. The molecule has 0 aliphatic rings. The number of hydrogen-bond donors (Lipinski definition) is 3. The fourth-order valence-corrected chi connectivity index (χ4v) is 3.47. The van der Waals surface area contributed by atoms with E-state index in [1.54, 1.807) is 12.1 Å². The molecule has 9 heteroatoms. The number of para-hydroxylation sites is 1. The summed E-state index contributed by atoms with van der Waals surface area (Å²) < 4.78 is 1.83. The van der Waals surface area contributed by atoms with Gasteiger partial charge in [0.15, 0.2) is 5.96 Å². The Kier molecular flexibility index (Phi) is 6.41. The van der Waals surface area contributed by atoms with Crippen molar-refractivity contribution in [1.82, 2.24) is 9.88 Å². The molecule has 29 heavy (non-hydrogen) atoms. The minimum atomic E-state index is -0.287. The van der Waals surface area contributed by atoms with Gasteiger partial charge in [0.25, 0.3) is 0 Å². The van der Waals surface area contributed by atoms with E-state index >= 15 is 0 Å². The number of anilines is 1. The van der Waals surface area contributed by atoms with Crippen LogP contribution in [-0.4, -0.2) is 22.3 Å². The Morgan fingerprint density at radius 3 is 2.52 bits per heavy atom. The van der Waals surface area contributed by atoms with Gasteiger partial charge in [0.05, 0.1) is 22.3 Å². The maximum Gasteiger partial charge on any atom is 0.246 e. The molecule has 0 unspecified atom stereocenters. The zero-order valence-corrected chi connectivity index (χ0v) is 17.1. The van der Waals surface area contributed by atoms with Gasteiger partial charge < -0.3 is 15.6 Å². The van der Waals surface area contributed by atoms with E-state index in [2.05, 4.69) is 15.6 Å². The Morgan fingerprint density at radius 2 is 1.83 bits per heavy atom. The van der Waals surface area contributed by atoms with Gasteiger partial charge in [-0.15, -0.1) is 0 Å². The van der Waals surface area contributed by atoms with Crippen molar-refractivity contribution in [1.29, 1.82) is 0 Å². The van der Waals surface area contributed by atoms with Crippen LogP contribution in [0.5, 0.6) is 0 Å². The summed E-state index contributed by atoms with van der Waals surface area (Å²) in [5, 5.41) is 6.77. The normalized spacial score (nSPS) is 11.5. The van der Waals surface area contributed by atoms with Crippen molar-refractivity contribution in [3.63, 3.8) is 0 Å². The SMILES string of the molecule is CC(=O)Nc1c(Cl)cc(CN=C(N)NC(=O)Cn2ccc3ccccc32)cc1Cl. The molecule has 0 atom stereocenters. The highest BCUT2D eigenvalue weighted by atomic mass is 35.5. The van der Waals surface area contributed by atoms with E-state index < -0.39 is 0 Å². The van der Waals surface area contributed by atoms with Crippen LogP contribution >= 0.6 is 23.2 Å². The average molecular weight is 432 g/mol. The van der Waals surface area contributed by atoms with Crippen molar-refractivity contribution in [2.45, 2.75) is 20.0 Å². The van der Waals surface area contributed by atoms with Crippen molar-refractivity contribution in [2.75, 3.05) is 5.32 Å². The molecule has 0 bridgehead atoms. The molecule has 3 rings (SSSR count). The quantitative estimate of drug-likeness (QED) is 0.425. The fraction of sp³-hybridized carbons (Fsp3) is 0.150. The van der Waals surface area contributed by atoms with E-state index in [9.17, 15) is 9.59 Å². The van der Waals surface area contributed by atoms with E-state index in [-0.39, 0.29) is 30.9 Å². The maximum atomic E-state index is 12.3. The molecule has 0 aliphatic heterocycles. The van der Waals surface area contributed by atoms with Crippen LogP contribution in [-0.2, 0) is 22.7 Å². The number of halogens is 2. The summed E-state index contributed by atoms with van der Waals surface area (Å²) in [5.41, 5.74) is 7.81. The number of aromatic nitrogens is 1. The number of nitrogens with zero attached hydrogens (tertiary/aromatic N) is 2. The lowest BCUT2D eigenvalue weighted by molar-refractivity contribution is -0.120. The molecule has 1 aromatic heterocycles. The smallest absolute Gasteiger partial charge is 0.246 e. The lowest BCUT2D eigenvalue weighted by atomic mass is 10.2. The molecule has 3 aromatic rings. The van der Waals surface area contributed by atoms with Crippen LogP contribution in [0.1, 0.15) is 12.5 Å². The third kappa shape index (κ3) is 5.28. The van der Waals surface area contributed by atoms with Crippen LogP contribution in [0.2, 0.25) is 10.0 Å². The molecule has 0 saturated heterocycles. The van der Waals surface area contributed by atoms with Gasteiger partial charge in [-0.1, -0.05) is 41.4 Å². The Labute approximate surface area is 177 Å². The van der Waals surface area contributed by atoms with Crippen molar-refractivity contribution >= 4 is 57.6 Å². The molecule has 0 radical (unpaired) electrons. The first-order valence-corrected chi connectivity index (χ1v) is 9.48. The predicted molar refractivity (Wildman–Crippen MR) is 116 cm³/mol. The number of fused-ring (bicyclic) bond motifs is 1. The Hall–Kier alpha value is -3.03. The molecule has 150 valence electrons. The first kappa shape index (κ1) is 20.7. The molecule has 0 saturated carbocycles.